The Kier molecular flexibility index (Phi) is 5.58. The second-order valence-corrected chi connectivity index (χ2v) is 6.56. The zero-order chi connectivity index (χ0) is 12.7. The van der Waals surface area contributed by atoms with Gasteiger partial charge in [-0.25, -0.2) is 8.42 Å². The Morgan fingerprint density at radius 3 is 2.82 bits per heavy atom. The minimum Gasteiger partial charge on any atom is -0.313 e. The van der Waals surface area contributed by atoms with Crippen molar-refractivity contribution in [3.63, 3.8) is 0 Å². The molecule has 96 valence electrons. The molecule has 5 heteroatoms. The van der Waals surface area contributed by atoms with Gasteiger partial charge in [-0.3, -0.25) is 4.98 Å². The average Bonchev–Trinajstić information content (AvgIpc) is 2.30. The van der Waals surface area contributed by atoms with Crippen molar-refractivity contribution in [1.29, 1.82) is 0 Å². The van der Waals surface area contributed by atoms with Crippen molar-refractivity contribution in [2.24, 2.45) is 0 Å². The van der Waals surface area contributed by atoms with Crippen LogP contribution in [0.15, 0.2) is 24.5 Å². The fourth-order valence-corrected chi connectivity index (χ4v) is 2.68. The Morgan fingerprint density at radius 1 is 1.47 bits per heavy atom. The van der Waals surface area contributed by atoms with Crippen LogP contribution in [0.2, 0.25) is 0 Å². The number of sulfone groups is 1. The Morgan fingerprint density at radius 2 is 2.24 bits per heavy atom. The van der Waals surface area contributed by atoms with Crippen molar-refractivity contribution in [3.05, 3.63) is 30.1 Å². The standard InChI is InChI=1S/C12H20N2O2S/c1-3-17(15,16)10-11(2)14-8-6-12-5-4-7-13-9-12/h4-5,7,9,11,14H,3,6,8,10H2,1-2H3. The van der Waals surface area contributed by atoms with Crippen LogP contribution in [-0.4, -0.2) is 37.5 Å². The lowest BCUT2D eigenvalue weighted by atomic mass is 10.2. The number of aromatic nitrogens is 1. The third-order valence-corrected chi connectivity index (χ3v) is 4.46. The minimum atomic E-state index is -2.89. The summed E-state index contributed by atoms with van der Waals surface area (Å²) >= 11 is 0. The average molecular weight is 256 g/mol. The fourth-order valence-electron chi connectivity index (χ4n) is 1.57. The lowest BCUT2D eigenvalue weighted by molar-refractivity contribution is 0.558. The molecule has 1 atom stereocenters. The molecule has 0 radical (unpaired) electrons. The van der Waals surface area contributed by atoms with Crippen LogP contribution in [-0.2, 0) is 16.3 Å². The van der Waals surface area contributed by atoms with Gasteiger partial charge in [0.1, 0.15) is 0 Å². The molecule has 1 heterocycles. The van der Waals surface area contributed by atoms with Gasteiger partial charge in [0.05, 0.1) is 5.75 Å². The second-order valence-electron chi connectivity index (χ2n) is 4.17. The summed E-state index contributed by atoms with van der Waals surface area (Å²) in [7, 11) is -2.89. The molecule has 1 aromatic rings. The van der Waals surface area contributed by atoms with Crippen molar-refractivity contribution in [2.45, 2.75) is 26.3 Å². The van der Waals surface area contributed by atoms with E-state index in [1.807, 2.05) is 25.3 Å². The summed E-state index contributed by atoms with van der Waals surface area (Å²) in [4.78, 5) is 4.03. The quantitative estimate of drug-likeness (QED) is 0.792. The maximum Gasteiger partial charge on any atom is 0.151 e. The zero-order valence-electron chi connectivity index (χ0n) is 10.4. The summed E-state index contributed by atoms with van der Waals surface area (Å²) in [5, 5.41) is 3.21. The van der Waals surface area contributed by atoms with Gasteiger partial charge >= 0.3 is 0 Å². The SMILES string of the molecule is CCS(=O)(=O)CC(C)NCCc1cccnc1. The molecule has 0 amide bonds. The number of rotatable bonds is 7. The molecule has 0 bridgehead atoms. The van der Waals surface area contributed by atoms with Gasteiger partial charge in [-0.15, -0.1) is 0 Å². The molecule has 0 fully saturated rings. The lowest BCUT2D eigenvalue weighted by Gasteiger charge is -2.13. The van der Waals surface area contributed by atoms with Crippen molar-refractivity contribution >= 4 is 9.84 Å². The molecule has 0 aliphatic rings. The maximum atomic E-state index is 11.4. The topological polar surface area (TPSA) is 59.1 Å². The molecule has 1 aromatic heterocycles. The van der Waals surface area contributed by atoms with Crippen LogP contribution < -0.4 is 5.32 Å². The Hall–Kier alpha value is -0.940. The highest BCUT2D eigenvalue weighted by Gasteiger charge is 2.12. The van der Waals surface area contributed by atoms with E-state index in [0.29, 0.717) is 0 Å². The van der Waals surface area contributed by atoms with Crippen LogP contribution in [0.5, 0.6) is 0 Å². The van der Waals surface area contributed by atoms with Crippen LogP contribution in [0.3, 0.4) is 0 Å². The highest BCUT2D eigenvalue weighted by atomic mass is 32.2. The van der Waals surface area contributed by atoms with Crippen molar-refractivity contribution in [2.75, 3.05) is 18.1 Å². The van der Waals surface area contributed by atoms with E-state index >= 15 is 0 Å². The summed E-state index contributed by atoms with van der Waals surface area (Å²) in [6.45, 7) is 4.35. The fraction of sp³-hybridized carbons (Fsp3) is 0.583. The van der Waals surface area contributed by atoms with E-state index in [1.54, 1.807) is 13.1 Å². The van der Waals surface area contributed by atoms with E-state index in [9.17, 15) is 8.42 Å². The third kappa shape index (κ3) is 5.79. The van der Waals surface area contributed by atoms with Crippen molar-refractivity contribution in [3.8, 4) is 0 Å². The maximum absolute atomic E-state index is 11.4. The molecule has 0 aliphatic heterocycles. The first-order valence-corrected chi connectivity index (χ1v) is 7.68. The summed E-state index contributed by atoms with van der Waals surface area (Å²) in [5.74, 6) is 0.415. The first-order chi connectivity index (χ1) is 8.03. The smallest absolute Gasteiger partial charge is 0.151 e. The Balaban J connectivity index is 2.28. The predicted molar refractivity (Wildman–Crippen MR) is 69.7 cm³/mol. The highest BCUT2D eigenvalue weighted by Crippen LogP contribution is 1.97. The third-order valence-electron chi connectivity index (χ3n) is 2.57. The predicted octanol–water partition coefficient (Wildman–Crippen LogP) is 1.04. The van der Waals surface area contributed by atoms with Gasteiger partial charge in [-0.2, -0.15) is 0 Å². The Bertz CT molecular complexity index is 417. The van der Waals surface area contributed by atoms with E-state index < -0.39 is 9.84 Å². The molecule has 0 saturated heterocycles. The van der Waals surface area contributed by atoms with Gasteiger partial charge in [-0.05, 0) is 31.5 Å². The largest absolute Gasteiger partial charge is 0.313 e. The molecule has 4 nitrogen and oxygen atoms in total. The van der Waals surface area contributed by atoms with Gasteiger partial charge in [0.15, 0.2) is 9.84 Å². The molecular formula is C12H20N2O2S. The minimum absolute atomic E-state index is 0.00313. The van der Waals surface area contributed by atoms with E-state index in [1.165, 1.54) is 0 Å². The van der Waals surface area contributed by atoms with Gasteiger partial charge in [0, 0.05) is 24.2 Å². The van der Waals surface area contributed by atoms with E-state index in [4.69, 9.17) is 0 Å². The van der Waals surface area contributed by atoms with E-state index in [0.717, 1.165) is 18.5 Å². The summed E-state index contributed by atoms with van der Waals surface area (Å²) < 4.78 is 22.8. The molecule has 0 saturated carbocycles. The van der Waals surface area contributed by atoms with Gasteiger partial charge in [0.2, 0.25) is 0 Å². The van der Waals surface area contributed by atoms with Gasteiger partial charge < -0.3 is 5.32 Å². The first kappa shape index (κ1) is 14.1. The molecule has 1 N–H and O–H groups in total. The van der Waals surface area contributed by atoms with E-state index in [2.05, 4.69) is 10.3 Å². The molecule has 0 spiro atoms. The number of hydrogen-bond acceptors (Lipinski definition) is 4. The molecule has 17 heavy (non-hydrogen) atoms. The van der Waals surface area contributed by atoms with Crippen LogP contribution in [0.4, 0.5) is 0 Å². The molecule has 0 aromatic carbocycles. The van der Waals surface area contributed by atoms with E-state index in [-0.39, 0.29) is 17.5 Å². The number of nitrogens with zero attached hydrogens (tertiary/aromatic N) is 1. The van der Waals surface area contributed by atoms with Gasteiger partial charge in [-0.1, -0.05) is 13.0 Å². The monoisotopic (exact) mass is 256 g/mol. The molecule has 1 rings (SSSR count). The molecular weight excluding hydrogens is 236 g/mol. The van der Waals surface area contributed by atoms with Crippen LogP contribution in [0, 0.1) is 0 Å². The second kappa shape index (κ2) is 6.71. The highest BCUT2D eigenvalue weighted by molar-refractivity contribution is 7.91. The van der Waals surface area contributed by atoms with Crippen LogP contribution in [0.1, 0.15) is 19.4 Å². The number of pyridine rings is 1. The van der Waals surface area contributed by atoms with Crippen molar-refractivity contribution in [1.82, 2.24) is 10.3 Å². The Labute approximate surface area is 103 Å². The van der Waals surface area contributed by atoms with Crippen LogP contribution >= 0.6 is 0 Å². The van der Waals surface area contributed by atoms with Gasteiger partial charge in [0.25, 0.3) is 0 Å². The number of nitrogens with one attached hydrogen (secondary N) is 1. The lowest BCUT2D eigenvalue weighted by Crippen LogP contribution is -2.34. The number of hydrogen-bond donors (Lipinski definition) is 1. The summed E-state index contributed by atoms with van der Waals surface area (Å²) in [5.41, 5.74) is 1.16. The molecule has 0 aliphatic carbocycles. The normalized spacial score (nSPS) is 13.5. The van der Waals surface area contributed by atoms with Crippen LogP contribution in [0.25, 0.3) is 0 Å². The molecule has 1 unspecified atom stereocenters. The summed E-state index contributed by atoms with van der Waals surface area (Å²) in [6.07, 6.45) is 4.44. The first-order valence-electron chi connectivity index (χ1n) is 5.86. The summed E-state index contributed by atoms with van der Waals surface area (Å²) in [6, 6.07) is 3.92. The van der Waals surface area contributed by atoms with Crippen molar-refractivity contribution < 1.29 is 8.42 Å². The zero-order valence-corrected chi connectivity index (χ0v) is 11.2.